The van der Waals surface area contributed by atoms with E-state index < -0.39 is 6.36 Å². The van der Waals surface area contributed by atoms with Crippen molar-refractivity contribution in [1.29, 1.82) is 0 Å². The SMILES string of the molecule is FC(F)(F)Oc1cc(Br)ccc1OC1CC1. The molecule has 0 unspecified atom stereocenters. The normalized spacial score (nSPS) is 16.0. The van der Waals surface area contributed by atoms with Crippen molar-refractivity contribution in [2.24, 2.45) is 0 Å². The second-order valence-electron chi connectivity index (χ2n) is 3.46. The number of hydrogen-bond donors (Lipinski definition) is 0. The summed E-state index contributed by atoms with van der Waals surface area (Å²) in [4.78, 5) is 0. The summed E-state index contributed by atoms with van der Waals surface area (Å²) in [5.41, 5.74) is 0. The molecule has 2 rings (SSSR count). The molecule has 1 aromatic rings. The first-order valence-corrected chi connectivity index (χ1v) is 5.45. The van der Waals surface area contributed by atoms with Crippen molar-refractivity contribution in [2.45, 2.75) is 25.3 Å². The zero-order chi connectivity index (χ0) is 11.8. The minimum Gasteiger partial charge on any atom is -0.487 e. The van der Waals surface area contributed by atoms with E-state index in [1.54, 1.807) is 6.07 Å². The second-order valence-corrected chi connectivity index (χ2v) is 4.37. The van der Waals surface area contributed by atoms with Crippen LogP contribution in [0.3, 0.4) is 0 Å². The van der Waals surface area contributed by atoms with E-state index in [4.69, 9.17) is 4.74 Å². The van der Waals surface area contributed by atoms with Crippen molar-refractivity contribution in [2.75, 3.05) is 0 Å². The largest absolute Gasteiger partial charge is 0.573 e. The highest BCUT2D eigenvalue weighted by Crippen LogP contribution is 2.37. The van der Waals surface area contributed by atoms with Crippen LogP contribution in [0.2, 0.25) is 0 Å². The maximum atomic E-state index is 12.1. The first-order chi connectivity index (χ1) is 7.44. The standard InChI is InChI=1S/C10H8BrF3O2/c11-6-1-4-8(15-7-2-3-7)9(5-6)16-10(12,13)14/h1,4-5,7H,2-3H2. The average Bonchev–Trinajstić information content (AvgIpc) is 2.91. The van der Waals surface area contributed by atoms with Gasteiger partial charge in [0.1, 0.15) is 0 Å². The van der Waals surface area contributed by atoms with Crippen LogP contribution in [0.5, 0.6) is 11.5 Å². The van der Waals surface area contributed by atoms with E-state index in [2.05, 4.69) is 20.7 Å². The van der Waals surface area contributed by atoms with E-state index in [1.807, 2.05) is 0 Å². The number of benzene rings is 1. The van der Waals surface area contributed by atoms with Crippen molar-refractivity contribution in [3.05, 3.63) is 22.7 Å². The summed E-state index contributed by atoms with van der Waals surface area (Å²) in [6.45, 7) is 0. The van der Waals surface area contributed by atoms with Gasteiger partial charge in [-0.05, 0) is 31.0 Å². The van der Waals surface area contributed by atoms with Crippen molar-refractivity contribution >= 4 is 15.9 Å². The van der Waals surface area contributed by atoms with E-state index in [1.165, 1.54) is 12.1 Å². The summed E-state index contributed by atoms with van der Waals surface area (Å²) in [5.74, 6) is -0.184. The molecule has 1 aliphatic rings. The van der Waals surface area contributed by atoms with Gasteiger partial charge in [-0.3, -0.25) is 0 Å². The molecule has 16 heavy (non-hydrogen) atoms. The fraction of sp³-hybridized carbons (Fsp3) is 0.400. The van der Waals surface area contributed by atoms with Crippen molar-refractivity contribution < 1.29 is 22.6 Å². The average molecular weight is 297 g/mol. The molecule has 1 saturated carbocycles. The fourth-order valence-corrected chi connectivity index (χ4v) is 1.49. The third-order valence-corrected chi connectivity index (χ3v) is 2.44. The topological polar surface area (TPSA) is 18.5 Å². The van der Waals surface area contributed by atoms with Crippen LogP contribution in [0.1, 0.15) is 12.8 Å². The molecule has 0 saturated heterocycles. The van der Waals surface area contributed by atoms with Gasteiger partial charge in [0.25, 0.3) is 0 Å². The number of halogens is 4. The van der Waals surface area contributed by atoms with Gasteiger partial charge in [0.05, 0.1) is 6.10 Å². The maximum Gasteiger partial charge on any atom is 0.573 e. The molecule has 0 bridgehead atoms. The van der Waals surface area contributed by atoms with Gasteiger partial charge in [-0.15, -0.1) is 13.2 Å². The van der Waals surface area contributed by atoms with E-state index in [0.717, 1.165) is 12.8 Å². The molecule has 0 spiro atoms. The number of hydrogen-bond acceptors (Lipinski definition) is 2. The summed E-state index contributed by atoms with van der Waals surface area (Å²) in [7, 11) is 0. The molecule has 1 fully saturated rings. The lowest BCUT2D eigenvalue weighted by molar-refractivity contribution is -0.275. The predicted octanol–water partition coefficient (Wildman–Crippen LogP) is 3.89. The Morgan fingerprint density at radius 3 is 2.44 bits per heavy atom. The van der Waals surface area contributed by atoms with Crippen LogP contribution in [-0.2, 0) is 0 Å². The Hall–Kier alpha value is -0.910. The molecule has 0 atom stereocenters. The first kappa shape index (κ1) is 11.6. The summed E-state index contributed by atoms with van der Waals surface area (Å²) >= 11 is 3.08. The van der Waals surface area contributed by atoms with E-state index in [0.29, 0.717) is 4.47 Å². The Labute approximate surface area is 98.5 Å². The molecule has 88 valence electrons. The van der Waals surface area contributed by atoms with Crippen LogP contribution in [0.15, 0.2) is 22.7 Å². The molecular formula is C10H8BrF3O2. The van der Waals surface area contributed by atoms with Crippen molar-refractivity contribution in [3.8, 4) is 11.5 Å². The number of ether oxygens (including phenoxy) is 2. The Morgan fingerprint density at radius 2 is 1.88 bits per heavy atom. The summed E-state index contributed by atoms with van der Waals surface area (Å²) in [5, 5.41) is 0. The minimum absolute atomic E-state index is 0.0248. The van der Waals surface area contributed by atoms with Crippen molar-refractivity contribution in [3.63, 3.8) is 0 Å². The molecule has 2 nitrogen and oxygen atoms in total. The Kier molecular flexibility index (Phi) is 3.01. The van der Waals surface area contributed by atoms with Crippen LogP contribution >= 0.6 is 15.9 Å². The monoisotopic (exact) mass is 296 g/mol. The van der Waals surface area contributed by atoms with Gasteiger partial charge >= 0.3 is 6.36 Å². The van der Waals surface area contributed by atoms with Gasteiger partial charge in [-0.2, -0.15) is 0 Å². The van der Waals surface area contributed by atoms with Gasteiger partial charge in [-0.25, -0.2) is 0 Å². The van der Waals surface area contributed by atoms with Crippen LogP contribution in [0.25, 0.3) is 0 Å². The van der Waals surface area contributed by atoms with E-state index in [-0.39, 0.29) is 17.6 Å². The smallest absolute Gasteiger partial charge is 0.487 e. The lowest BCUT2D eigenvalue weighted by Gasteiger charge is -2.14. The van der Waals surface area contributed by atoms with Crippen LogP contribution in [0, 0.1) is 0 Å². The highest BCUT2D eigenvalue weighted by Gasteiger charge is 2.33. The van der Waals surface area contributed by atoms with Crippen molar-refractivity contribution in [1.82, 2.24) is 0 Å². The van der Waals surface area contributed by atoms with Gasteiger partial charge in [0, 0.05) is 4.47 Å². The van der Waals surface area contributed by atoms with Gasteiger partial charge in [-0.1, -0.05) is 15.9 Å². The molecule has 0 aromatic heterocycles. The molecule has 0 amide bonds. The predicted molar refractivity (Wildman–Crippen MR) is 54.5 cm³/mol. The zero-order valence-electron chi connectivity index (χ0n) is 8.05. The zero-order valence-corrected chi connectivity index (χ0v) is 9.64. The lowest BCUT2D eigenvalue weighted by Crippen LogP contribution is -2.18. The minimum atomic E-state index is -4.71. The third-order valence-electron chi connectivity index (χ3n) is 1.95. The molecule has 0 aliphatic heterocycles. The highest BCUT2D eigenvalue weighted by atomic mass is 79.9. The first-order valence-electron chi connectivity index (χ1n) is 4.66. The number of rotatable bonds is 3. The van der Waals surface area contributed by atoms with Crippen LogP contribution < -0.4 is 9.47 Å². The molecule has 0 heterocycles. The molecule has 1 aliphatic carbocycles. The third kappa shape index (κ3) is 3.30. The van der Waals surface area contributed by atoms with Gasteiger partial charge < -0.3 is 9.47 Å². The van der Waals surface area contributed by atoms with Gasteiger partial charge in [0.2, 0.25) is 0 Å². The fourth-order valence-electron chi connectivity index (χ4n) is 1.15. The Balaban J connectivity index is 2.20. The summed E-state index contributed by atoms with van der Waals surface area (Å²) in [6, 6.07) is 4.32. The second kappa shape index (κ2) is 4.16. The molecular weight excluding hydrogens is 289 g/mol. The lowest BCUT2D eigenvalue weighted by atomic mass is 10.3. The summed E-state index contributed by atoms with van der Waals surface area (Å²) in [6.07, 6.45) is -2.93. The summed E-state index contributed by atoms with van der Waals surface area (Å²) < 4.78 is 46.0. The van der Waals surface area contributed by atoms with Crippen LogP contribution in [-0.4, -0.2) is 12.5 Å². The molecule has 1 aromatic carbocycles. The Bertz CT molecular complexity index is 388. The van der Waals surface area contributed by atoms with Gasteiger partial charge in [0.15, 0.2) is 11.5 Å². The van der Waals surface area contributed by atoms with Crippen LogP contribution in [0.4, 0.5) is 13.2 Å². The van der Waals surface area contributed by atoms with E-state index in [9.17, 15) is 13.2 Å². The quantitative estimate of drug-likeness (QED) is 0.842. The highest BCUT2D eigenvalue weighted by molar-refractivity contribution is 9.10. The number of alkyl halides is 3. The maximum absolute atomic E-state index is 12.1. The Morgan fingerprint density at radius 1 is 1.19 bits per heavy atom. The molecule has 6 heteroatoms. The molecule has 0 N–H and O–H groups in total. The molecule has 0 radical (unpaired) electrons. The van der Waals surface area contributed by atoms with E-state index >= 15 is 0 Å².